The zero-order valence-electron chi connectivity index (χ0n) is 11.9. The highest BCUT2D eigenvalue weighted by atomic mass is 16.5. The van der Waals surface area contributed by atoms with Crippen LogP contribution in [0.2, 0.25) is 0 Å². The highest BCUT2D eigenvalue weighted by Crippen LogP contribution is 2.38. The van der Waals surface area contributed by atoms with Gasteiger partial charge in [-0.15, -0.1) is 0 Å². The number of hydrogen-bond acceptors (Lipinski definition) is 5. The maximum Gasteiger partial charge on any atom is 0.512 e. The van der Waals surface area contributed by atoms with Gasteiger partial charge in [-0.25, -0.2) is 0 Å². The number of aliphatic hydroxyl groups is 1. The van der Waals surface area contributed by atoms with Crippen molar-refractivity contribution in [2.75, 3.05) is 0 Å². The highest BCUT2D eigenvalue weighted by Gasteiger charge is 2.40. The Morgan fingerprint density at radius 2 is 1.89 bits per heavy atom. The Morgan fingerprint density at radius 3 is 2.42 bits per heavy atom. The summed E-state index contributed by atoms with van der Waals surface area (Å²) in [4.78, 5) is 8.48. The molecule has 104 valence electrons. The minimum atomic E-state index is -1.19. The zero-order chi connectivity index (χ0) is 14.3. The molecule has 0 spiro atoms. The summed E-state index contributed by atoms with van der Waals surface area (Å²) in [6, 6.07) is 0. The van der Waals surface area contributed by atoms with Crippen molar-refractivity contribution in [3.05, 3.63) is 18.1 Å². The smallest absolute Gasteiger partial charge is 0.422 e. The van der Waals surface area contributed by atoms with Gasteiger partial charge < -0.3 is 14.8 Å². The van der Waals surface area contributed by atoms with E-state index in [-0.39, 0.29) is 0 Å². The van der Waals surface area contributed by atoms with Crippen LogP contribution in [0.5, 0.6) is 0 Å². The normalized spacial score (nSPS) is 16.5. The first kappa shape index (κ1) is 14.4. The second kappa shape index (κ2) is 4.85. The third-order valence-corrected chi connectivity index (χ3v) is 3.80. The van der Waals surface area contributed by atoms with Crippen LogP contribution >= 0.6 is 0 Å². The van der Waals surface area contributed by atoms with Crippen LogP contribution in [0.25, 0.3) is 0 Å². The predicted octanol–water partition coefficient (Wildman–Crippen LogP) is 0.608. The molecule has 1 aromatic rings. The van der Waals surface area contributed by atoms with Gasteiger partial charge in [0.05, 0.1) is 22.5 Å². The molecule has 0 radical (unpaired) electrons. The largest absolute Gasteiger partial charge is 0.512 e. The Balaban J connectivity index is 2.11. The first-order valence-electron chi connectivity index (χ1n) is 6.61. The van der Waals surface area contributed by atoms with Gasteiger partial charge in [-0.1, -0.05) is 0 Å². The quantitative estimate of drug-likeness (QED) is 0.762. The first-order chi connectivity index (χ1) is 8.71. The van der Waals surface area contributed by atoms with Gasteiger partial charge in [0.1, 0.15) is 0 Å². The zero-order valence-corrected chi connectivity index (χ0v) is 11.9. The molecule has 0 atom stereocenters. The van der Waals surface area contributed by atoms with E-state index in [1.807, 2.05) is 0 Å². The van der Waals surface area contributed by atoms with Gasteiger partial charge in [-0.05, 0) is 40.5 Å². The maximum atomic E-state index is 10.1. The Bertz CT molecular complexity index is 455. The standard InChI is InChI=1S/C13H21BN2O3/c1-12(2,17)13(3,4)19-14(18)11-8-15-7-10(16-11)9-5-6-9/h7-9,17-18H,5-6H2,1-4H3. The predicted molar refractivity (Wildman–Crippen MR) is 73.1 cm³/mol. The van der Waals surface area contributed by atoms with Crippen LogP contribution in [0.1, 0.15) is 52.1 Å². The van der Waals surface area contributed by atoms with E-state index in [4.69, 9.17) is 4.65 Å². The van der Waals surface area contributed by atoms with Crippen LogP contribution in [0.3, 0.4) is 0 Å². The molecule has 0 saturated heterocycles. The Morgan fingerprint density at radius 1 is 1.26 bits per heavy atom. The fraction of sp³-hybridized carbons (Fsp3) is 0.692. The van der Waals surface area contributed by atoms with Crippen molar-refractivity contribution in [1.29, 1.82) is 0 Å². The fourth-order valence-corrected chi connectivity index (χ4v) is 1.58. The van der Waals surface area contributed by atoms with Crippen molar-refractivity contribution < 1.29 is 14.8 Å². The average Bonchev–Trinajstić information content (AvgIpc) is 3.11. The molecule has 0 unspecified atom stereocenters. The molecule has 1 fully saturated rings. The van der Waals surface area contributed by atoms with Crippen LogP contribution in [0.15, 0.2) is 12.4 Å². The van der Waals surface area contributed by atoms with E-state index >= 15 is 0 Å². The minimum Gasteiger partial charge on any atom is -0.422 e. The summed E-state index contributed by atoms with van der Waals surface area (Å²) in [5.41, 5.74) is -0.679. The van der Waals surface area contributed by atoms with E-state index in [0.717, 1.165) is 18.5 Å². The summed E-state index contributed by atoms with van der Waals surface area (Å²) in [6.45, 7) is 6.75. The molecule has 19 heavy (non-hydrogen) atoms. The molecule has 5 nitrogen and oxygen atoms in total. The maximum absolute atomic E-state index is 10.1. The van der Waals surface area contributed by atoms with Gasteiger partial charge in [0, 0.05) is 18.3 Å². The molecular weight excluding hydrogens is 243 g/mol. The van der Waals surface area contributed by atoms with Gasteiger partial charge in [0.15, 0.2) is 0 Å². The van der Waals surface area contributed by atoms with Gasteiger partial charge in [-0.2, -0.15) is 0 Å². The molecule has 0 bridgehead atoms. The van der Waals surface area contributed by atoms with Crippen LogP contribution in [-0.2, 0) is 4.65 Å². The molecule has 0 aliphatic heterocycles. The van der Waals surface area contributed by atoms with Crippen molar-refractivity contribution >= 4 is 12.7 Å². The summed E-state index contributed by atoms with van der Waals surface area (Å²) >= 11 is 0. The molecule has 1 aliphatic rings. The molecule has 2 N–H and O–H groups in total. The van der Waals surface area contributed by atoms with Crippen LogP contribution < -0.4 is 5.59 Å². The molecule has 0 aromatic carbocycles. The van der Waals surface area contributed by atoms with E-state index in [0.29, 0.717) is 11.5 Å². The third kappa shape index (κ3) is 3.32. The fourth-order valence-electron chi connectivity index (χ4n) is 1.58. The lowest BCUT2D eigenvalue weighted by atomic mass is 9.80. The number of hydrogen-bond donors (Lipinski definition) is 2. The Kier molecular flexibility index (Phi) is 3.68. The molecule has 1 saturated carbocycles. The van der Waals surface area contributed by atoms with Crippen LogP contribution in [0.4, 0.5) is 0 Å². The summed E-state index contributed by atoms with van der Waals surface area (Å²) < 4.78 is 5.55. The summed E-state index contributed by atoms with van der Waals surface area (Å²) in [6.07, 6.45) is 5.49. The molecular formula is C13H21BN2O3. The molecule has 1 aliphatic carbocycles. The van der Waals surface area contributed by atoms with Crippen molar-refractivity contribution in [3.8, 4) is 0 Å². The second-order valence-corrected chi connectivity index (χ2v) is 6.18. The van der Waals surface area contributed by atoms with Crippen LogP contribution in [-0.4, -0.2) is 38.4 Å². The molecule has 0 amide bonds. The first-order valence-corrected chi connectivity index (χ1v) is 6.61. The lowest BCUT2D eigenvalue weighted by molar-refractivity contribution is -0.0983. The monoisotopic (exact) mass is 264 g/mol. The van der Waals surface area contributed by atoms with Gasteiger partial charge in [0.25, 0.3) is 0 Å². The number of aromatic nitrogens is 2. The second-order valence-electron chi connectivity index (χ2n) is 6.18. The van der Waals surface area contributed by atoms with E-state index in [2.05, 4.69) is 9.97 Å². The van der Waals surface area contributed by atoms with Crippen LogP contribution in [0, 0.1) is 0 Å². The topological polar surface area (TPSA) is 75.5 Å². The van der Waals surface area contributed by atoms with E-state index < -0.39 is 18.3 Å². The van der Waals surface area contributed by atoms with Gasteiger partial charge in [0.2, 0.25) is 0 Å². The number of rotatable bonds is 5. The van der Waals surface area contributed by atoms with Gasteiger partial charge >= 0.3 is 7.12 Å². The summed E-state index contributed by atoms with van der Waals surface area (Å²) in [5.74, 6) is 0.474. The van der Waals surface area contributed by atoms with E-state index in [1.54, 1.807) is 33.9 Å². The Hall–Kier alpha value is -0.975. The molecule has 1 aromatic heterocycles. The van der Waals surface area contributed by atoms with E-state index in [9.17, 15) is 10.1 Å². The van der Waals surface area contributed by atoms with E-state index in [1.165, 1.54) is 6.20 Å². The number of nitrogens with zero attached hydrogens (tertiary/aromatic N) is 2. The lowest BCUT2D eigenvalue weighted by Crippen LogP contribution is -2.53. The lowest BCUT2D eigenvalue weighted by Gasteiger charge is -2.38. The molecule has 6 heteroatoms. The summed E-state index contributed by atoms with van der Waals surface area (Å²) in [7, 11) is -1.19. The molecule has 1 heterocycles. The van der Waals surface area contributed by atoms with Crippen molar-refractivity contribution in [2.24, 2.45) is 0 Å². The Labute approximate surface area is 114 Å². The van der Waals surface area contributed by atoms with Crippen molar-refractivity contribution in [1.82, 2.24) is 9.97 Å². The highest BCUT2D eigenvalue weighted by molar-refractivity contribution is 6.58. The SMILES string of the molecule is CC(C)(O)C(C)(C)OB(O)c1cncc(C2CC2)n1. The van der Waals surface area contributed by atoms with Crippen molar-refractivity contribution in [2.45, 2.75) is 57.7 Å². The summed E-state index contributed by atoms with van der Waals surface area (Å²) in [5, 5.41) is 20.1. The third-order valence-electron chi connectivity index (χ3n) is 3.80. The molecule has 2 rings (SSSR count). The average molecular weight is 264 g/mol. The van der Waals surface area contributed by atoms with Gasteiger partial charge in [-0.3, -0.25) is 9.97 Å². The van der Waals surface area contributed by atoms with Crippen molar-refractivity contribution in [3.63, 3.8) is 0 Å². The minimum absolute atomic E-state index is 0.390.